The van der Waals surface area contributed by atoms with Crippen molar-refractivity contribution in [2.24, 2.45) is 0 Å². The van der Waals surface area contributed by atoms with Crippen LogP contribution in [0.4, 0.5) is 0 Å². The number of thioether (sulfide) groups is 1. The normalized spacial score (nSPS) is 11.0. The summed E-state index contributed by atoms with van der Waals surface area (Å²) >= 11 is 1.78. The van der Waals surface area contributed by atoms with Crippen molar-refractivity contribution >= 4 is 28.8 Å². The molecule has 0 bridgehead atoms. The highest BCUT2D eigenvalue weighted by Gasteiger charge is 2.10. The van der Waals surface area contributed by atoms with Gasteiger partial charge < -0.3 is 14.5 Å². The van der Waals surface area contributed by atoms with Crippen molar-refractivity contribution in [2.45, 2.75) is 12.8 Å². The second-order valence-corrected chi connectivity index (χ2v) is 5.62. The van der Waals surface area contributed by atoms with Crippen molar-refractivity contribution in [1.82, 2.24) is 10.3 Å². The van der Waals surface area contributed by atoms with Crippen LogP contribution < -0.4 is 5.32 Å². The average molecular weight is 308 g/mol. The number of rotatable bonds is 8. The number of carbonyl (C=O) groups is 1. The number of hydrogen-bond acceptors (Lipinski definition) is 5. The molecular weight excluding hydrogens is 288 g/mol. The SMILES string of the molecule is COCCc1nc2ccc(C(=O)NCCCSC)cc2o1. The monoisotopic (exact) mass is 308 g/mol. The van der Waals surface area contributed by atoms with E-state index in [1.807, 2.05) is 6.07 Å². The quantitative estimate of drug-likeness (QED) is 0.759. The highest BCUT2D eigenvalue weighted by molar-refractivity contribution is 7.98. The molecule has 1 aromatic heterocycles. The van der Waals surface area contributed by atoms with Crippen molar-refractivity contribution < 1.29 is 13.9 Å². The summed E-state index contributed by atoms with van der Waals surface area (Å²) in [5.41, 5.74) is 2.00. The Morgan fingerprint density at radius 3 is 3.10 bits per heavy atom. The van der Waals surface area contributed by atoms with E-state index >= 15 is 0 Å². The minimum Gasteiger partial charge on any atom is -0.441 e. The fourth-order valence-electron chi connectivity index (χ4n) is 1.93. The Bertz CT molecular complexity index is 598. The molecule has 0 atom stereocenters. The van der Waals surface area contributed by atoms with Gasteiger partial charge in [-0.2, -0.15) is 11.8 Å². The molecule has 21 heavy (non-hydrogen) atoms. The Labute approximate surface area is 128 Å². The number of benzene rings is 1. The maximum atomic E-state index is 12.0. The molecule has 0 saturated heterocycles. The summed E-state index contributed by atoms with van der Waals surface area (Å²) in [5.74, 6) is 1.60. The van der Waals surface area contributed by atoms with Crippen LogP contribution in [0.25, 0.3) is 11.1 Å². The van der Waals surface area contributed by atoms with Crippen LogP contribution in [-0.4, -0.2) is 43.2 Å². The average Bonchev–Trinajstić information content (AvgIpc) is 2.91. The second kappa shape index (κ2) is 8.05. The number of oxazole rings is 1. The van der Waals surface area contributed by atoms with E-state index in [0.29, 0.717) is 36.6 Å². The number of methoxy groups -OCH3 is 1. The third-order valence-corrected chi connectivity index (χ3v) is 3.72. The fourth-order valence-corrected chi connectivity index (χ4v) is 2.36. The predicted octanol–water partition coefficient (Wildman–Crippen LogP) is 2.50. The first-order chi connectivity index (χ1) is 10.2. The van der Waals surface area contributed by atoms with E-state index < -0.39 is 0 Å². The van der Waals surface area contributed by atoms with Crippen LogP contribution in [0.2, 0.25) is 0 Å². The van der Waals surface area contributed by atoms with Crippen LogP contribution in [-0.2, 0) is 11.2 Å². The first kappa shape index (κ1) is 15.9. The van der Waals surface area contributed by atoms with Crippen molar-refractivity contribution in [2.75, 3.05) is 32.3 Å². The smallest absolute Gasteiger partial charge is 0.251 e. The first-order valence-electron chi connectivity index (χ1n) is 6.90. The van der Waals surface area contributed by atoms with Crippen LogP contribution >= 0.6 is 11.8 Å². The van der Waals surface area contributed by atoms with Crippen molar-refractivity contribution in [1.29, 1.82) is 0 Å². The zero-order valence-corrected chi connectivity index (χ0v) is 13.2. The Kier molecular flexibility index (Phi) is 6.07. The molecule has 0 aliphatic rings. The van der Waals surface area contributed by atoms with E-state index in [-0.39, 0.29) is 5.91 Å². The largest absolute Gasteiger partial charge is 0.441 e. The summed E-state index contributed by atoms with van der Waals surface area (Å²) in [7, 11) is 1.64. The number of carbonyl (C=O) groups excluding carboxylic acids is 1. The minimum absolute atomic E-state index is 0.0761. The molecule has 0 radical (unpaired) electrons. The highest BCUT2D eigenvalue weighted by atomic mass is 32.2. The van der Waals surface area contributed by atoms with Crippen molar-refractivity contribution in [3.63, 3.8) is 0 Å². The Balaban J connectivity index is 2.02. The summed E-state index contributed by atoms with van der Waals surface area (Å²) < 4.78 is 10.6. The maximum Gasteiger partial charge on any atom is 0.251 e. The zero-order valence-electron chi connectivity index (χ0n) is 12.3. The summed E-state index contributed by atoms with van der Waals surface area (Å²) in [5, 5.41) is 2.91. The highest BCUT2D eigenvalue weighted by Crippen LogP contribution is 2.17. The van der Waals surface area contributed by atoms with Gasteiger partial charge in [0.1, 0.15) is 5.52 Å². The summed E-state index contributed by atoms with van der Waals surface area (Å²) in [4.78, 5) is 16.4. The summed E-state index contributed by atoms with van der Waals surface area (Å²) in [6, 6.07) is 5.32. The van der Waals surface area contributed by atoms with Crippen molar-refractivity contribution in [3.8, 4) is 0 Å². The van der Waals surface area contributed by atoms with E-state index in [9.17, 15) is 4.79 Å². The van der Waals surface area contributed by atoms with Gasteiger partial charge in [-0.3, -0.25) is 4.79 Å². The number of amides is 1. The fraction of sp³-hybridized carbons (Fsp3) is 0.467. The van der Waals surface area contributed by atoms with Crippen LogP contribution in [0.5, 0.6) is 0 Å². The van der Waals surface area contributed by atoms with Gasteiger partial charge in [0.15, 0.2) is 11.5 Å². The number of hydrogen-bond donors (Lipinski definition) is 1. The number of aromatic nitrogens is 1. The van der Waals surface area contributed by atoms with Gasteiger partial charge in [-0.1, -0.05) is 0 Å². The number of fused-ring (bicyclic) bond motifs is 1. The van der Waals surface area contributed by atoms with Gasteiger partial charge in [-0.05, 0) is 36.6 Å². The molecule has 2 aromatic rings. The third-order valence-electron chi connectivity index (χ3n) is 3.03. The van der Waals surface area contributed by atoms with Gasteiger partial charge in [0, 0.05) is 25.6 Å². The molecule has 0 fully saturated rings. The molecule has 114 valence electrons. The van der Waals surface area contributed by atoms with E-state index in [2.05, 4.69) is 16.6 Å². The Morgan fingerprint density at radius 2 is 2.33 bits per heavy atom. The molecule has 1 heterocycles. The van der Waals surface area contributed by atoms with Crippen LogP contribution in [0.15, 0.2) is 22.6 Å². The second-order valence-electron chi connectivity index (χ2n) is 4.64. The molecule has 0 saturated carbocycles. The molecule has 6 heteroatoms. The summed E-state index contributed by atoms with van der Waals surface area (Å²) in [6.45, 7) is 1.25. The molecule has 5 nitrogen and oxygen atoms in total. The van der Waals surface area contributed by atoms with Crippen LogP contribution in [0.1, 0.15) is 22.7 Å². The molecule has 1 amide bonds. The lowest BCUT2D eigenvalue weighted by molar-refractivity contribution is 0.0954. The van der Waals surface area contributed by atoms with Gasteiger partial charge in [-0.25, -0.2) is 4.98 Å². The predicted molar refractivity (Wildman–Crippen MR) is 84.9 cm³/mol. The van der Waals surface area contributed by atoms with Gasteiger partial charge in [-0.15, -0.1) is 0 Å². The minimum atomic E-state index is -0.0761. The third kappa shape index (κ3) is 4.47. The molecule has 0 aliphatic heterocycles. The van der Waals surface area contributed by atoms with Gasteiger partial charge in [0.05, 0.1) is 6.61 Å². The molecule has 2 rings (SSSR count). The zero-order chi connectivity index (χ0) is 15.1. The van der Waals surface area contributed by atoms with Crippen molar-refractivity contribution in [3.05, 3.63) is 29.7 Å². The maximum absolute atomic E-state index is 12.0. The lowest BCUT2D eigenvalue weighted by atomic mass is 10.2. The van der Waals surface area contributed by atoms with Crippen LogP contribution in [0.3, 0.4) is 0 Å². The molecule has 0 unspecified atom stereocenters. The molecular formula is C15H20N2O3S. The molecule has 0 aliphatic carbocycles. The van der Waals surface area contributed by atoms with Gasteiger partial charge >= 0.3 is 0 Å². The Morgan fingerprint density at radius 1 is 1.48 bits per heavy atom. The van der Waals surface area contributed by atoms with E-state index in [1.165, 1.54) is 0 Å². The number of nitrogens with one attached hydrogen (secondary N) is 1. The molecule has 0 spiro atoms. The standard InChI is InChI=1S/C15H20N2O3S/c1-19-8-6-14-17-12-5-4-11(10-13(12)20-14)15(18)16-7-3-9-21-2/h4-5,10H,3,6-9H2,1-2H3,(H,16,18). The van der Waals surface area contributed by atoms with E-state index in [4.69, 9.17) is 9.15 Å². The van der Waals surface area contributed by atoms with Crippen LogP contribution in [0, 0.1) is 0 Å². The summed E-state index contributed by atoms with van der Waals surface area (Å²) in [6.07, 6.45) is 3.65. The first-order valence-corrected chi connectivity index (χ1v) is 8.29. The van der Waals surface area contributed by atoms with E-state index in [1.54, 1.807) is 31.0 Å². The topological polar surface area (TPSA) is 64.4 Å². The van der Waals surface area contributed by atoms with E-state index in [0.717, 1.165) is 17.7 Å². The van der Waals surface area contributed by atoms with Gasteiger partial charge in [0.2, 0.25) is 0 Å². The number of ether oxygens (including phenoxy) is 1. The molecule has 1 aromatic carbocycles. The van der Waals surface area contributed by atoms with Gasteiger partial charge in [0.25, 0.3) is 5.91 Å². The Hall–Kier alpha value is -1.53. The number of nitrogens with zero attached hydrogens (tertiary/aromatic N) is 1. The molecule has 1 N–H and O–H groups in total. The lowest BCUT2D eigenvalue weighted by Crippen LogP contribution is -2.24. The lowest BCUT2D eigenvalue weighted by Gasteiger charge is -2.04.